The highest BCUT2D eigenvalue weighted by Crippen LogP contribution is 2.28. The summed E-state index contributed by atoms with van der Waals surface area (Å²) in [6.45, 7) is 2.72. The third-order valence-corrected chi connectivity index (χ3v) is 2.79. The summed E-state index contributed by atoms with van der Waals surface area (Å²) in [6, 6.07) is 5.99. The van der Waals surface area contributed by atoms with Crippen molar-refractivity contribution >= 4 is 17.3 Å². The summed E-state index contributed by atoms with van der Waals surface area (Å²) in [6.07, 6.45) is 3.35. The highest BCUT2D eigenvalue weighted by atomic mass is 16.1. The molecule has 0 saturated heterocycles. The van der Waals surface area contributed by atoms with Crippen LogP contribution in [0.5, 0.6) is 0 Å². The fraction of sp³-hybridized carbons (Fsp3) is 0.462. The number of hydrogen-bond donors (Lipinski definition) is 3. The maximum absolute atomic E-state index is 11.7. The molecule has 0 heterocycles. The first kappa shape index (κ1) is 11.8. The van der Waals surface area contributed by atoms with Crippen LogP contribution >= 0.6 is 0 Å². The molecule has 1 saturated carbocycles. The lowest BCUT2D eigenvalue weighted by Crippen LogP contribution is -2.24. The molecule has 0 unspecified atom stereocenters. The van der Waals surface area contributed by atoms with E-state index in [9.17, 15) is 4.79 Å². The minimum absolute atomic E-state index is 0.0588. The fourth-order valence-electron chi connectivity index (χ4n) is 1.62. The SMILES string of the molecule is CCCNC(=O)c1ccc(NC2CC2)c(N)c1. The quantitative estimate of drug-likeness (QED) is 0.681. The molecule has 0 aliphatic heterocycles. The number of hydrogen-bond acceptors (Lipinski definition) is 3. The van der Waals surface area contributed by atoms with Crippen LogP contribution in [-0.2, 0) is 0 Å². The van der Waals surface area contributed by atoms with Crippen LogP contribution in [0.4, 0.5) is 11.4 Å². The van der Waals surface area contributed by atoms with E-state index in [1.165, 1.54) is 12.8 Å². The monoisotopic (exact) mass is 233 g/mol. The third kappa shape index (κ3) is 3.12. The number of nitrogens with two attached hydrogens (primary N) is 1. The Kier molecular flexibility index (Phi) is 3.52. The van der Waals surface area contributed by atoms with Crippen LogP contribution in [-0.4, -0.2) is 18.5 Å². The van der Waals surface area contributed by atoms with Gasteiger partial charge in [0.15, 0.2) is 0 Å². The normalized spacial score (nSPS) is 14.4. The second-order valence-corrected chi connectivity index (χ2v) is 4.48. The largest absolute Gasteiger partial charge is 0.397 e. The summed E-state index contributed by atoms with van der Waals surface area (Å²) in [5.41, 5.74) is 8.11. The third-order valence-electron chi connectivity index (χ3n) is 2.79. The minimum Gasteiger partial charge on any atom is -0.397 e. The van der Waals surface area contributed by atoms with E-state index in [4.69, 9.17) is 5.73 Å². The van der Waals surface area contributed by atoms with Gasteiger partial charge < -0.3 is 16.4 Å². The smallest absolute Gasteiger partial charge is 0.251 e. The first-order valence-electron chi connectivity index (χ1n) is 6.15. The average molecular weight is 233 g/mol. The summed E-state index contributed by atoms with van der Waals surface area (Å²) in [5, 5.41) is 6.17. The molecule has 0 radical (unpaired) electrons. The van der Waals surface area contributed by atoms with Crippen molar-refractivity contribution in [2.45, 2.75) is 32.2 Å². The van der Waals surface area contributed by atoms with E-state index in [0.29, 0.717) is 23.8 Å². The molecule has 1 aromatic carbocycles. The van der Waals surface area contributed by atoms with Gasteiger partial charge in [-0.25, -0.2) is 0 Å². The number of nitrogen functional groups attached to an aromatic ring is 1. The maximum atomic E-state index is 11.7. The molecule has 1 aliphatic rings. The Morgan fingerprint density at radius 1 is 1.47 bits per heavy atom. The molecule has 17 heavy (non-hydrogen) atoms. The lowest BCUT2D eigenvalue weighted by atomic mass is 10.1. The number of amides is 1. The molecular weight excluding hydrogens is 214 g/mol. The molecule has 0 bridgehead atoms. The zero-order chi connectivity index (χ0) is 12.3. The second kappa shape index (κ2) is 5.08. The van der Waals surface area contributed by atoms with E-state index in [1.54, 1.807) is 6.07 Å². The van der Waals surface area contributed by atoms with Crippen molar-refractivity contribution in [2.75, 3.05) is 17.6 Å². The van der Waals surface area contributed by atoms with Crippen molar-refractivity contribution in [1.82, 2.24) is 5.32 Å². The van der Waals surface area contributed by atoms with E-state index in [-0.39, 0.29) is 5.91 Å². The van der Waals surface area contributed by atoms with Gasteiger partial charge in [0.25, 0.3) is 5.91 Å². The van der Waals surface area contributed by atoms with Crippen molar-refractivity contribution in [1.29, 1.82) is 0 Å². The first-order valence-corrected chi connectivity index (χ1v) is 6.15. The number of benzene rings is 1. The van der Waals surface area contributed by atoms with E-state index in [1.807, 2.05) is 19.1 Å². The van der Waals surface area contributed by atoms with Crippen molar-refractivity contribution in [3.8, 4) is 0 Å². The Labute approximate surface area is 102 Å². The average Bonchev–Trinajstić information content (AvgIpc) is 3.12. The molecule has 4 N–H and O–H groups in total. The van der Waals surface area contributed by atoms with Gasteiger partial charge in [-0.2, -0.15) is 0 Å². The molecule has 0 atom stereocenters. The van der Waals surface area contributed by atoms with Crippen LogP contribution in [0.1, 0.15) is 36.5 Å². The number of carbonyl (C=O) groups excluding carboxylic acids is 1. The molecule has 1 aliphatic carbocycles. The van der Waals surface area contributed by atoms with Crippen LogP contribution in [0.15, 0.2) is 18.2 Å². The maximum Gasteiger partial charge on any atom is 0.251 e. The van der Waals surface area contributed by atoms with Crippen LogP contribution < -0.4 is 16.4 Å². The predicted octanol–water partition coefficient (Wildman–Crippen LogP) is 1.98. The molecule has 92 valence electrons. The molecule has 2 rings (SSSR count). The van der Waals surface area contributed by atoms with Gasteiger partial charge in [-0.3, -0.25) is 4.79 Å². The summed E-state index contributed by atoms with van der Waals surface area (Å²) in [4.78, 5) is 11.7. The van der Waals surface area contributed by atoms with Crippen molar-refractivity contribution < 1.29 is 4.79 Å². The molecule has 1 aromatic rings. The first-order chi connectivity index (χ1) is 8.20. The fourth-order valence-corrected chi connectivity index (χ4v) is 1.62. The molecule has 4 nitrogen and oxygen atoms in total. The van der Waals surface area contributed by atoms with E-state index in [0.717, 1.165) is 12.1 Å². The van der Waals surface area contributed by atoms with Gasteiger partial charge in [0.2, 0.25) is 0 Å². The minimum atomic E-state index is -0.0588. The van der Waals surface area contributed by atoms with Crippen LogP contribution in [0.2, 0.25) is 0 Å². The van der Waals surface area contributed by atoms with E-state index >= 15 is 0 Å². The lowest BCUT2D eigenvalue weighted by molar-refractivity contribution is 0.0953. The Morgan fingerprint density at radius 3 is 2.82 bits per heavy atom. The summed E-state index contributed by atoms with van der Waals surface area (Å²) in [7, 11) is 0. The molecule has 0 spiro atoms. The number of carbonyl (C=O) groups is 1. The van der Waals surface area contributed by atoms with Crippen molar-refractivity contribution in [3.05, 3.63) is 23.8 Å². The topological polar surface area (TPSA) is 67.2 Å². The molecule has 0 aromatic heterocycles. The summed E-state index contributed by atoms with van der Waals surface area (Å²) >= 11 is 0. The van der Waals surface area contributed by atoms with Crippen LogP contribution in [0, 0.1) is 0 Å². The van der Waals surface area contributed by atoms with Gasteiger partial charge in [0.05, 0.1) is 11.4 Å². The second-order valence-electron chi connectivity index (χ2n) is 4.48. The standard InChI is InChI=1S/C13H19N3O/c1-2-7-15-13(17)9-3-6-12(11(14)8-9)16-10-4-5-10/h3,6,8,10,16H,2,4-5,7,14H2,1H3,(H,15,17). The number of rotatable bonds is 5. The zero-order valence-electron chi connectivity index (χ0n) is 10.1. The van der Waals surface area contributed by atoms with E-state index < -0.39 is 0 Å². The van der Waals surface area contributed by atoms with Gasteiger partial charge in [0, 0.05) is 18.2 Å². The predicted molar refractivity (Wildman–Crippen MR) is 70.1 cm³/mol. The van der Waals surface area contributed by atoms with Crippen molar-refractivity contribution in [3.63, 3.8) is 0 Å². The molecular formula is C13H19N3O. The Morgan fingerprint density at radius 2 is 2.24 bits per heavy atom. The van der Waals surface area contributed by atoms with Crippen molar-refractivity contribution in [2.24, 2.45) is 0 Å². The molecule has 4 heteroatoms. The Balaban J connectivity index is 2.03. The van der Waals surface area contributed by atoms with Gasteiger partial charge >= 0.3 is 0 Å². The Bertz CT molecular complexity index is 413. The van der Waals surface area contributed by atoms with Gasteiger partial charge in [-0.15, -0.1) is 0 Å². The van der Waals surface area contributed by atoms with E-state index in [2.05, 4.69) is 10.6 Å². The zero-order valence-corrected chi connectivity index (χ0v) is 10.1. The van der Waals surface area contributed by atoms with Gasteiger partial charge in [0.1, 0.15) is 0 Å². The molecule has 1 amide bonds. The number of anilines is 2. The van der Waals surface area contributed by atoms with Gasteiger partial charge in [-0.1, -0.05) is 6.92 Å². The molecule has 1 fully saturated rings. The van der Waals surface area contributed by atoms with Crippen LogP contribution in [0.3, 0.4) is 0 Å². The highest BCUT2D eigenvalue weighted by Gasteiger charge is 2.21. The Hall–Kier alpha value is -1.71. The summed E-state index contributed by atoms with van der Waals surface area (Å²) < 4.78 is 0. The summed E-state index contributed by atoms with van der Waals surface area (Å²) in [5.74, 6) is -0.0588. The van der Waals surface area contributed by atoms with Gasteiger partial charge in [-0.05, 0) is 37.5 Å². The lowest BCUT2D eigenvalue weighted by Gasteiger charge is -2.10. The highest BCUT2D eigenvalue weighted by molar-refractivity contribution is 5.96. The number of nitrogens with one attached hydrogen (secondary N) is 2. The van der Waals surface area contributed by atoms with Crippen LogP contribution in [0.25, 0.3) is 0 Å².